The summed E-state index contributed by atoms with van der Waals surface area (Å²) in [6.07, 6.45) is 0. The quantitative estimate of drug-likeness (QED) is 0.160. The Bertz CT molecular complexity index is 3920. The lowest BCUT2D eigenvalue weighted by Crippen LogP contribution is -1.99. The van der Waals surface area contributed by atoms with Crippen molar-refractivity contribution in [3.63, 3.8) is 0 Å². The Hall–Kier alpha value is -8.73. The van der Waals surface area contributed by atoms with Crippen LogP contribution in [0.2, 0.25) is 0 Å². The Kier molecular flexibility index (Phi) is 8.50. The molecule has 0 aliphatic carbocycles. The van der Waals surface area contributed by atoms with Crippen molar-refractivity contribution in [1.29, 1.82) is 0 Å². The van der Waals surface area contributed by atoms with E-state index in [1.165, 1.54) is 16.3 Å². The van der Waals surface area contributed by atoms with Gasteiger partial charge in [-0.25, -0.2) is 4.98 Å². The topological polar surface area (TPSA) is 35.9 Å². The summed E-state index contributed by atoms with van der Waals surface area (Å²) in [6, 6.07) is 84.5. The summed E-state index contributed by atoms with van der Waals surface area (Å²) in [5, 5.41) is 4.54. The second-order valence-corrected chi connectivity index (χ2v) is 16.7. The van der Waals surface area contributed by atoms with Gasteiger partial charge in [-0.1, -0.05) is 158 Å². The van der Waals surface area contributed by atoms with E-state index in [1.54, 1.807) is 0 Å². The van der Waals surface area contributed by atoms with E-state index >= 15 is 0 Å². The lowest BCUT2D eigenvalue weighted by Gasteiger charge is -2.13. The van der Waals surface area contributed by atoms with Gasteiger partial charge in [0.15, 0.2) is 0 Å². The number of fused-ring (bicyclic) bond motifs is 7. The Balaban J connectivity index is 1.03. The zero-order valence-electron chi connectivity index (χ0n) is 35.3. The minimum atomic E-state index is 0.874. The molecule has 0 unspecified atom stereocenters. The third-order valence-electron chi connectivity index (χ3n) is 12.9. The predicted molar refractivity (Wildman–Crippen MR) is 270 cm³/mol. The summed E-state index contributed by atoms with van der Waals surface area (Å²) < 4.78 is 11.8. The molecule has 3 heterocycles. The highest BCUT2D eigenvalue weighted by Crippen LogP contribution is 2.45. The van der Waals surface area contributed by atoms with Crippen LogP contribution in [0.25, 0.3) is 122 Å². The summed E-state index contributed by atoms with van der Waals surface area (Å²) >= 11 is 0. The number of rotatable bonds is 7. The first-order chi connectivity index (χ1) is 32.2. The van der Waals surface area contributed by atoms with Crippen molar-refractivity contribution in [1.82, 2.24) is 14.1 Å². The van der Waals surface area contributed by atoms with E-state index in [0.717, 1.165) is 106 Å². The van der Waals surface area contributed by atoms with Crippen LogP contribution < -0.4 is 0 Å². The fourth-order valence-electron chi connectivity index (χ4n) is 9.88. The molecule has 0 spiro atoms. The third-order valence-corrected chi connectivity index (χ3v) is 12.9. The van der Waals surface area contributed by atoms with Crippen LogP contribution >= 0.6 is 0 Å². The van der Waals surface area contributed by atoms with Crippen molar-refractivity contribution in [2.45, 2.75) is 0 Å². The summed E-state index contributed by atoms with van der Waals surface area (Å²) in [7, 11) is 0. The van der Waals surface area contributed by atoms with Gasteiger partial charge in [0.1, 0.15) is 17.0 Å². The van der Waals surface area contributed by atoms with E-state index in [4.69, 9.17) is 9.40 Å². The number of furan rings is 1. The first kappa shape index (κ1) is 36.9. The molecule has 0 amide bonds. The van der Waals surface area contributed by atoms with Gasteiger partial charge in [0.25, 0.3) is 0 Å². The molecule has 0 saturated carbocycles. The molecule has 3 aromatic heterocycles. The van der Waals surface area contributed by atoms with Crippen LogP contribution in [0.5, 0.6) is 0 Å². The van der Waals surface area contributed by atoms with Crippen LogP contribution in [0, 0.1) is 0 Å². The van der Waals surface area contributed by atoms with Gasteiger partial charge in [-0.05, 0) is 112 Å². The maximum atomic E-state index is 7.18. The lowest BCUT2D eigenvalue weighted by atomic mass is 9.93. The number of para-hydroxylation sites is 4. The number of benzene rings is 10. The molecule has 0 aliphatic rings. The van der Waals surface area contributed by atoms with Crippen molar-refractivity contribution in [2.75, 3.05) is 0 Å². The van der Waals surface area contributed by atoms with Crippen LogP contribution in [0.3, 0.4) is 0 Å². The third kappa shape index (κ3) is 6.11. The van der Waals surface area contributed by atoms with Crippen molar-refractivity contribution in [3.8, 4) is 67.3 Å². The Labute approximate surface area is 375 Å². The molecule has 65 heavy (non-hydrogen) atoms. The average Bonchev–Trinajstić information content (AvgIpc) is 4.07. The molecule has 4 nitrogen and oxygen atoms in total. The van der Waals surface area contributed by atoms with E-state index in [9.17, 15) is 0 Å². The van der Waals surface area contributed by atoms with Gasteiger partial charge in [0.05, 0.1) is 22.1 Å². The monoisotopic (exact) mass is 829 g/mol. The molecule has 0 aliphatic heterocycles. The molecule has 0 bridgehead atoms. The van der Waals surface area contributed by atoms with Crippen LogP contribution in [0.15, 0.2) is 241 Å². The summed E-state index contributed by atoms with van der Waals surface area (Å²) in [6.45, 7) is 0. The van der Waals surface area contributed by atoms with E-state index in [-0.39, 0.29) is 0 Å². The van der Waals surface area contributed by atoms with E-state index < -0.39 is 0 Å². The molecule has 0 fully saturated rings. The number of hydrogen-bond acceptors (Lipinski definition) is 2. The highest BCUT2D eigenvalue weighted by atomic mass is 16.3. The Morgan fingerprint density at radius 1 is 0.292 bits per heavy atom. The zero-order chi connectivity index (χ0) is 42.8. The SMILES string of the molecule is c1ccc(-c2cc(-c3ccccc3)c3oc4c(-c5ccc6c(c5)c5ccccc5n6-c5cccc(-c6nc7ccccc7n6-c6ccccc6)c5)cc(-c5ccccc5)cc4c3c2)cc1. The Morgan fingerprint density at radius 2 is 0.800 bits per heavy atom. The lowest BCUT2D eigenvalue weighted by molar-refractivity contribution is 0.671. The maximum absolute atomic E-state index is 7.18. The van der Waals surface area contributed by atoms with Crippen molar-refractivity contribution < 1.29 is 4.42 Å². The molecule has 10 aromatic carbocycles. The van der Waals surface area contributed by atoms with Gasteiger partial charge >= 0.3 is 0 Å². The Morgan fingerprint density at radius 3 is 1.48 bits per heavy atom. The maximum Gasteiger partial charge on any atom is 0.145 e. The van der Waals surface area contributed by atoms with Gasteiger partial charge in [0.2, 0.25) is 0 Å². The molecular formula is C61H39N3O. The molecule has 0 radical (unpaired) electrons. The highest BCUT2D eigenvalue weighted by Gasteiger charge is 2.22. The minimum absolute atomic E-state index is 0.874. The van der Waals surface area contributed by atoms with Crippen LogP contribution in [0.4, 0.5) is 0 Å². The van der Waals surface area contributed by atoms with E-state index in [0.29, 0.717) is 0 Å². The molecule has 0 atom stereocenters. The van der Waals surface area contributed by atoms with Crippen LogP contribution in [-0.4, -0.2) is 14.1 Å². The number of nitrogens with zero attached hydrogens (tertiary/aromatic N) is 3. The van der Waals surface area contributed by atoms with Gasteiger partial charge in [-0.3, -0.25) is 4.57 Å². The van der Waals surface area contributed by atoms with Gasteiger partial charge in [-0.2, -0.15) is 0 Å². The van der Waals surface area contributed by atoms with E-state index in [1.807, 2.05) is 0 Å². The zero-order valence-corrected chi connectivity index (χ0v) is 35.3. The van der Waals surface area contributed by atoms with Gasteiger partial charge < -0.3 is 8.98 Å². The summed E-state index contributed by atoms with van der Waals surface area (Å²) in [4.78, 5) is 5.21. The fraction of sp³-hybridized carbons (Fsp3) is 0. The van der Waals surface area contributed by atoms with Gasteiger partial charge in [-0.15, -0.1) is 0 Å². The molecule has 0 saturated heterocycles. The number of aromatic nitrogens is 3. The van der Waals surface area contributed by atoms with Gasteiger partial charge in [0, 0.05) is 49.6 Å². The van der Waals surface area contributed by atoms with Crippen molar-refractivity contribution in [3.05, 3.63) is 237 Å². The normalized spacial score (nSPS) is 11.7. The fourth-order valence-corrected chi connectivity index (χ4v) is 9.88. The standard InChI is InChI=1S/C61H39N3O/c1-5-18-40(19-6-1)45-36-50(42-22-9-3-10-23-42)59-53(38-45)54-39-46(41-20-7-2-8-21-41)37-51(60(54)65-59)43-32-33-57-52(35-43)49-28-13-15-30-56(49)63(57)48-27-17-24-44(34-48)61-62-55-29-14-16-31-58(55)64(61)47-25-11-4-12-26-47/h1-39H. The smallest absolute Gasteiger partial charge is 0.145 e. The van der Waals surface area contributed by atoms with Crippen molar-refractivity contribution >= 4 is 54.8 Å². The largest absolute Gasteiger partial charge is 0.455 e. The average molecular weight is 830 g/mol. The van der Waals surface area contributed by atoms with Crippen molar-refractivity contribution in [2.24, 2.45) is 0 Å². The van der Waals surface area contributed by atoms with Crippen LogP contribution in [-0.2, 0) is 0 Å². The van der Waals surface area contributed by atoms with Crippen LogP contribution in [0.1, 0.15) is 0 Å². The first-order valence-corrected chi connectivity index (χ1v) is 22.1. The molecule has 13 rings (SSSR count). The first-order valence-electron chi connectivity index (χ1n) is 22.1. The molecular weight excluding hydrogens is 791 g/mol. The van der Waals surface area contributed by atoms with E-state index in [2.05, 4.69) is 246 Å². The molecule has 0 N–H and O–H groups in total. The minimum Gasteiger partial charge on any atom is -0.455 e. The molecule has 4 heteroatoms. The molecule has 13 aromatic rings. The number of hydrogen-bond donors (Lipinski definition) is 0. The summed E-state index contributed by atoms with van der Waals surface area (Å²) in [5.41, 5.74) is 18.2. The molecule has 304 valence electrons. The summed E-state index contributed by atoms with van der Waals surface area (Å²) in [5.74, 6) is 0.904. The second-order valence-electron chi connectivity index (χ2n) is 16.7. The highest BCUT2D eigenvalue weighted by molar-refractivity contribution is 6.17. The second kappa shape index (κ2) is 15.0. The predicted octanol–water partition coefficient (Wildman–Crippen LogP) is 16.4. The number of imidazole rings is 1.